The van der Waals surface area contributed by atoms with Gasteiger partial charge in [0.25, 0.3) is 0 Å². The molecule has 1 aromatic heterocycles. The fourth-order valence-corrected chi connectivity index (χ4v) is 3.67. The smallest absolute Gasteiger partial charge is 0.410 e. The third kappa shape index (κ3) is 7.11. The lowest BCUT2D eigenvalue weighted by atomic mass is 9.95. The van der Waals surface area contributed by atoms with Crippen LogP contribution in [0.5, 0.6) is 11.8 Å². The predicted molar refractivity (Wildman–Crippen MR) is 131 cm³/mol. The zero-order chi connectivity index (χ0) is 23.8. The molecule has 1 amide bonds. The van der Waals surface area contributed by atoms with Gasteiger partial charge in [-0.05, 0) is 62.8 Å². The summed E-state index contributed by atoms with van der Waals surface area (Å²) in [5.74, 6) is 1.22. The molecule has 0 unspecified atom stereocenters. The first-order chi connectivity index (χ1) is 15.8. The minimum absolute atomic E-state index is 0.258. The number of nitrogens with zero attached hydrogens (tertiary/aromatic N) is 2. The summed E-state index contributed by atoms with van der Waals surface area (Å²) in [6, 6.07) is 10.3. The molecule has 0 saturated carbocycles. The van der Waals surface area contributed by atoms with Gasteiger partial charge in [0.2, 0.25) is 11.8 Å². The van der Waals surface area contributed by atoms with Crippen LogP contribution >= 0.6 is 0 Å². The van der Waals surface area contributed by atoms with Crippen LogP contribution in [0.2, 0.25) is 0 Å². The molecule has 6 nitrogen and oxygen atoms in total. The van der Waals surface area contributed by atoms with Gasteiger partial charge in [-0.25, -0.2) is 4.79 Å². The van der Waals surface area contributed by atoms with Crippen LogP contribution in [0.4, 0.5) is 4.79 Å². The van der Waals surface area contributed by atoms with Crippen molar-refractivity contribution in [3.05, 3.63) is 41.5 Å². The molecular formula is C27H38N2O4. The number of carbonyl (C=O) groups excluding carboxylic acids is 1. The molecule has 6 heteroatoms. The maximum Gasteiger partial charge on any atom is 0.410 e. The third-order valence-electron chi connectivity index (χ3n) is 5.50. The molecule has 0 spiro atoms. The molecule has 0 aliphatic carbocycles. The van der Waals surface area contributed by atoms with E-state index in [1.165, 1.54) is 5.56 Å². The van der Waals surface area contributed by atoms with Gasteiger partial charge in [0.15, 0.2) is 0 Å². The molecular weight excluding hydrogens is 416 g/mol. The van der Waals surface area contributed by atoms with Crippen molar-refractivity contribution in [2.45, 2.75) is 78.9 Å². The van der Waals surface area contributed by atoms with E-state index in [9.17, 15) is 4.79 Å². The van der Waals surface area contributed by atoms with Crippen LogP contribution in [0.1, 0.15) is 71.4 Å². The van der Waals surface area contributed by atoms with Gasteiger partial charge in [0.05, 0.1) is 13.2 Å². The van der Waals surface area contributed by atoms with Gasteiger partial charge in [0, 0.05) is 24.7 Å². The van der Waals surface area contributed by atoms with E-state index in [1.807, 2.05) is 32.9 Å². The lowest BCUT2D eigenvalue weighted by Crippen LogP contribution is -2.39. The van der Waals surface area contributed by atoms with Gasteiger partial charge in [-0.3, -0.25) is 0 Å². The number of amides is 1. The Balaban J connectivity index is 1.79. The van der Waals surface area contributed by atoms with Crippen LogP contribution in [0.15, 0.2) is 30.3 Å². The Bertz CT molecular complexity index is 936. The number of unbranched alkanes of at least 4 members (excludes halogenated alkanes) is 2. The summed E-state index contributed by atoms with van der Waals surface area (Å²) in [5.41, 5.74) is 3.94. The van der Waals surface area contributed by atoms with Gasteiger partial charge < -0.3 is 19.1 Å². The minimum atomic E-state index is -0.491. The van der Waals surface area contributed by atoms with Crippen molar-refractivity contribution in [1.82, 2.24) is 9.88 Å². The van der Waals surface area contributed by atoms with Crippen molar-refractivity contribution in [2.24, 2.45) is 0 Å². The Kier molecular flexibility index (Phi) is 8.59. The van der Waals surface area contributed by atoms with Crippen molar-refractivity contribution < 1.29 is 19.0 Å². The van der Waals surface area contributed by atoms with E-state index in [0.29, 0.717) is 38.1 Å². The Hall–Kier alpha value is -2.76. The maximum atomic E-state index is 12.5. The highest BCUT2D eigenvalue weighted by Crippen LogP contribution is 2.33. The number of carbonyl (C=O) groups is 1. The van der Waals surface area contributed by atoms with Gasteiger partial charge in [-0.1, -0.05) is 44.9 Å². The van der Waals surface area contributed by atoms with Crippen molar-refractivity contribution in [3.63, 3.8) is 0 Å². The highest BCUT2D eigenvalue weighted by Gasteiger charge is 2.26. The molecule has 0 bridgehead atoms. The van der Waals surface area contributed by atoms with Gasteiger partial charge in [-0.2, -0.15) is 4.98 Å². The van der Waals surface area contributed by atoms with Gasteiger partial charge >= 0.3 is 6.09 Å². The molecule has 0 N–H and O–H groups in total. The zero-order valence-electron chi connectivity index (χ0n) is 20.8. The van der Waals surface area contributed by atoms with Crippen LogP contribution < -0.4 is 9.47 Å². The quantitative estimate of drug-likeness (QED) is 0.410. The Morgan fingerprint density at radius 1 is 1.00 bits per heavy atom. The Morgan fingerprint density at radius 2 is 1.73 bits per heavy atom. The van der Waals surface area contributed by atoms with Crippen LogP contribution in [0.25, 0.3) is 11.1 Å². The number of pyridine rings is 1. The zero-order valence-corrected chi connectivity index (χ0v) is 20.8. The molecule has 2 aromatic rings. The summed E-state index contributed by atoms with van der Waals surface area (Å²) in [7, 11) is 0. The maximum absolute atomic E-state index is 12.5. The fraction of sp³-hybridized carbons (Fsp3) is 0.556. The molecule has 0 fully saturated rings. The molecule has 1 aliphatic rings. The van der Waals surface area contributed by atoms with Gasteiger partial charge in [0.1, 0.15) is 5.60 Å². The second-order valence-electron chi connectivity index (χ2n) is 9.54. The summed E-state index contributed by atoms with van der Waals surface area (Å²) < 4.78 is 17.4. The predicted octanol–water partition coefficient (Wildman–Crippen LogP) is 6.40. The first-order valence-corrected chi connectivity index (χ1v) is 12.2. The molecule has 0 saturated heterocycles. The van der Waals surface area contributed by atoms with Crippen LogP contribution in [-0.4, -0.2) is 41.3 Å². The first-order valence-electron chi connectivity index (χ1n) is 12.2. The largest absolute Gasteiger partial charge is 0.478 e. The van der Waals surface area contributed by atoms with E-state index < -0.39 is 5.60 Å². The summed E-state index contributed by atoms with van der Waals surface area (Å²) >= 11 is 0. The lowest BCUT2D eigenvalue weighted by molar-refractivity contribution is 0.0224. The van der Waals surface area contributed by atoms with Gasteiger partial charge in [-0.15, -0.1) is 0 Å². The highest BCUT2D eigenvalue weighted by atomic mass is 16.6. The van der Waals surface area contributed by atoms with Crippen LogP contribution in [0, 0.1) is 0 Å². The molecule has 180 valence electrons. The number of hydrogen-bond donors (Lipinski definition) is 0. The topological polar surface area (TPSA) is 60.9 Å². The Labute approximate surface area is 198 Å². The van der Waals surface area contributed by atoms with E-state index in [-0.39, 0.29) is 6.09 Å². The molecule has 2 heterocycles. The molecule has 0 atom stereocenters. The highest BCUT2D eigenvalue weighted by molar-refractivity contribution is 5.72. The second-order valence-corrected chi connectivity index (χ2v) is 9.54. The summed E-state index contributed by atoms with van der Waals surface area (Å²) in [4.78, 5) is 18.9. The normalized spacial score (nSPS) is 13.4. The number of rotatable bonds is 9. The number of ether oxygens (including phenoxy) is 3. The molecule has 3 rings (SSSR count). The van der Waals surface area contributed by atoms with Crippen LogP contribution in [0.3, 0.4) is 0 Å². The molecule has 0 radical (unpaired) electrons. The van der Waals surface area contributed by atoms with Crippen LogP contribution in [-0.2, 0) is 17.7 Å². The molecule has 33 heavy (non-hydrogen) atoms. The van der Waals surface area contributed by atoms with E-state index >= 15 is 0 Å². The van der Waals surface area contributed by atoms with E-state index in [4.69, 9.17) is 14.2 Å². The average Bonchev–Trinajstić information content (AvgIpc) is 2.78. The first kappa shape index (κ1) is 24.9. The summed E-state index contributed by atoms with van der Waals surface area (Å²) in [6.45, 7) is 12.5. The Morgan fingerprint density at radius 3 is 2.42 bits per heavy atom. The third-order valence-corrected chi connectivity index (χ3v) is 5.50. The number of aromatic nitrogens is 1. The summed E-state index contributed by atoms with van der Waals surface area (Å²) in [6.07, 6.45) is 4.66. The van der Waals surface area contributed by atoms with Crippen molar-refractivity contribution in [2.75, 3.05) is 19.8 Å². The number of hydrogen-bond acceptors (Lipinski definition) is 5. The van der Waals surface area contributed by atoms with Crippen molar-refractivity contribution >= 4 is 6.09 Å². The second kappa shape index (κ2) is 11.4. The number of benzene rings is 1. The van der Waals surface area contributed by atoms with Crippen molar-refractivity contribution in [1.29, 1.82) is 0 Å². The average molecular weight is 455 g/mol. The monoisotopic (exact) mass is 454 g/mol. The van der Waals surface area contributed by atoms with E-state index in [2.05, 4.69) is 37.0 Å². The van der Waals surface area contributed by atoms with Crippen molar-refractivity contribution in [3.8, 4) is 22.9 Å². The standard InChI is InChI=1S/C27H38N2O4/c1-6-8-16-31-24-13-12-23(25(28-24)32-17-9-7-2)21-10-11-22-19-29(15-14-20(22)18-21)26(30)33-27(3,4)5/h10-13,18H,6-9,14-17,19H2,1-5H3. The molecule has 1 aliphatic heterocycles. The fourth-order valence-electron chi connectivity index (χ4n) is 3.67. The van der Waals surface area contributed by atoms with E-state index in [0.717, 1.165) is 48.8 Å². The number of fused-ring (bicyclic) bond motifs is 1. The molecule has 1 aromatic carbocycles. The summed E-state index contributed by atoms with van der Waals surface area (Å²) in [5, 5.41) is 0. The minimum Gasteiger partial charge on any atom is -0.478 e. The SMILES string of the molecule is CCCCOc1ccc(-c2ccc3c(c2)CCN(C(=O)OC(C)(C)C)C3)c(OCCCC)n1. The van der Waals surface area contributed by atoms with E-state index in [1.54, 1.807) is 4.90 Å². The lowest BCUT2D eigenvalue weighted by Gasteiger charge is -2.31.